The Labute approximate surface area is 139 Å². The summed E-state index contributed by atoms with van der Waals surface area (Å²) >= 11 is 3.54. The molecule has 1 nitrogen and oxygen atoms in total. The highest BCUT2D eigenvalue weighted by Crippen LogP contribution is 2.40. The molecule has 0 saturated heterocycles. The molecule has 0 radical (unpaired) electrons. The fourth-order valence-electron chi connectivity index (χ4n) is 2.01. The molecule has 3 aromatic rings. The number of benzene rings is 3. The molecular weight excluding hydrogens is 308 g/mol. The number of methoxy groups -OCH3 is 1. The molecule has 110 valence electrons. The normalized spacial score (nSPS) is 10.4. The third-order valence-corrected chi connectivity index (χ3v) is 5.37. The smallest absolute Gasteiger partial charge is 0.120 e. The van der Waals surface area contributed by atoms with E-state index >= 15 is 0 Å². The van der Waals surface area contributed by atoms with Gasteiger partial charge in [0.2, 0.25) is 0 Å². The molecule has 0 spiro atoms. The summed E-state index contributed by atoms with van der Waals surface area (Å²) in [5, 5.41) is 0. The minimum Gasteiger partial charge on any atom is -0.497 e. The van der Waals surface area contributed by atoms with Gasteiger partial charge in [-0.15, -0.1) is 0 Å². The van der Waals surface area contributed by atoms with Crippen molar-refractivity contribution in [3.8, 4) is 5.75 Å². The van der Waals surface area contributed by atoms with Crippen LogP contribution < -0.4 is 4.74 Å². The van der Waals surface area contributed by atoms with Gasteiger partial charge in [0.15, 0.2) is 0 Å². The Morgan fingerprint density at radius 1 is 0.636 bits per heavy atom. The fraction of sp³-hybridized carbons (Fsp3) is 0.0526. The molecule has 3 heteroatoms. The molecule has 22 heavy (non-hydrogen) atoms. The zero-order valence-electron chi connectivity index (χ0n) is 12.2. The van der Waals surface area contributed by atoms with Crippen molar-refractivity contribution >= 4 is 23.5 Å². The Kier molecular flexibility index (Phi) is 5.09. The first kappa shape index (κ1) is 15.1. The molecule has 3 rings (SSSR count). The molecule has 0 heterocycles. The highest BCUT2D eigenvalue weighted by Gasteiger charge is 2.08. The maximum absolute atomic E-state index is 5.38. The average Bonchev–Trinajstić information content (AvgIpc) is 2.58. The SMILES string of the molecule is COc1ccc(Sc2ccccc2)c(Sc2ccccc2)c1. The summed E-state index contributed by atoms with van der Waals surface area (Å²) in [6.45, 7) is 0. The lowest BCUT2D eigenvalue weighted by Crippen LogP contribution is -1.85. The maximum atomic E-state index is 5.38. The second-order valence-corrected chi connectivity index (χ2v) is 6.87. The molecule has 0 fully saturated rings. The molecule has 0 bridgehead atoms. The van der Waals surface area contributed by atoms with Gasteiger partial charge < -0.3 is 4.74 Å². The van der Waals surface area contributed by atoms with Crippen LogP contribution in [0.1, 0.15) is 0 Å². The van der Waals surface area contributed by atoms with Crippen LogP contribution in [0.15, 0.2) is 98.4 Å². The molecule has 0 aromatic heterocycles. The van der Waals surface area contributed by atoms with Crippen LogP contribution >= 0.6 is 23.5 Å². The van der Waals surface area contributed by atoms with E-state index in [0.717, 1.165) is 5.75 Å². The number of hydrogen-bond acceptors (Lipinski definition) is 3. The van der Waals surface area contributed by atoms with E-state index in [4.69, 9.17) is 4.74 Å². The molecule has 0 unspecified atom stereocenters. The first-order valence-electron chi connectivity index (χ1n) is 6.99. The predicted octanol–water partition coefficient (Wildman–Crippen LogP) is 6.00. The fourth-order valence-corrected chi connectivity index (χ4v) is 3.99. The van der Waals surface area contributed by atoms with E-state index in [9.17, 15) is 0 Å². The Morgan fingerprint density at radius 2 is 1.18 bits per heavy atom. The summed E-state index contributed by atoms with van der Waals surface area (Å²) in [4.78, 5) is 4.91. The van der Waals surface area contributed by atoms with Crippen molar-refractivity contribution in [3.05, 3.63) is 78.9 Å². The van der Waals surface area contributed by atoms with Crippen LogP contribution in [0.2, 0.25) is 0 Å². The van der Waals surface area contributed by atoms with Crippen molar-refractivity contribution < 1.29 is 4.74 Å². The predicted molar refractivity (Wildman–Crippen MR) is 94.1 cm³/mol. The minimum atomic E-state index is 0.885. The summed E-state index contributed by atoms with van der Waals surface area (Å²) in [5.74, 6) is 0.885. The van der Waals surface area contributed by atoms with E-state index in [1.807, 2.05) is 18.2 Å². The molecule has 0 amide bonds. The Hall–Kier alpha value is -1.84. The highest BCUT2D eigenvalue weighted by molar-refractivity contribution is 8.02. The van der Waals surface area contributed by atoms with Gasteiger partial charge in [-0.25, -0.2) is 0 Å². The van der Waals surface area contributed by atoms with Crippen molar-refractivity contribution in [2.75, 3.05) is 7.11 Å². The second-order valence-electron chi connectivity index (χ2n) is 4.64. The summed E-state index contributed by atoms with van der Waals surface area (Å²) in [7, 11) is 1.70. The lowest BCUT2D eigenvalue weighted by atomic mass is 10.3. The minimum absolute atomic E-state index is 0.885. The van der Waals surface area contributed by atoms with Gasteiger partial charge in [0.1, 0.15) is 5.75 Å². The third kappa shape index (κ3) is 3.87. The van der Waals surface area contributed by atoms with Crippen molar-refractivity contribution in [2.45, 2.75) is 19.6 Å². The lowest BCUT2D eigenvalue weighted by Gasteiger charge is -2.11. The van der Waals surface area contributed by atoms with Gasteiger partial charge in [0.25, 0.3) is 0 Å². The van der Waals surface area contributed by atoms with E-state index in [0.29, 0.717) is 0 Å². The zero-order valence-corrected chi connectivity index (χ0v) is 13.9. The lowest BCUT2D eigenvalue weighted by molar-refractivity contribution is 0.413. The second kappa shape index (κ2) is 7.43. The van der Waals surface area contributed by atoms with Gasteiger partial charge in [-0.3, -0.25) is 0 Å². The van der Waals surface area contributed by atoms with Crippen LogP contribution in [-0.2, 0) is 0 Å². The van der Waals surface area contributed by atoms with Crippen LogP contribution in [0.25, 0.3) is 0 Å². The molecule has 0 saturated carbocycles. The van der Waals surface area contributed by atoms with Crippen molar-refractivity contribution in [3.63, 3.8) is 0 Å². The maximum Gasteiger partial charge on any atom is 0.120 e. The number of hydrogen-bond donors (Lipinski definition) is 0. The number of rotatable bonds is 5. The molecule has 0 aliphatic carbocycles. The van der Waals surface area contributed by atoms with E-state index in [-0.39, 0.29) is 0 Å². The summed E-state index contributed by atoms with van der Waals surface area (Å²) in [6, 6.07) is 27.1. The van der Waals surface area contributed by atoms with E-state index in [2.05, 4.69) is 60.7 Å². The molecule has 0 atom stereocenters. The zero-order chi connectivity index (χ0) is 15.2. The van der Waals surface area contributed by atoms with Crippen LogP contribution in [0, 0.1) is 0 Å². The summed E-state index contributed by atoms with van der Waals surface area (Å²) in [5.41, 5.74) is 0. The Bertz CT molecular complexity index is 727. The van der Waals surface area contributed by atoms with E-state index in [1.165, 1.54) is 19.6 Å². The average molecular weight is 324 g/mol. The molecular formula is C19H16OS2. The van der Waals surface area contributed by atoms with Gasteiger partial charge in [-0.05, 0) is 42.5 Å². The summed E-state index contributed by atoms with van der Waals surface area (Å²) in [6.07, 6.45) is 0. The van der Waals surface area contributed by atoms with Crippen LogP contribution in [-0.4, -0.2) is 7.11 Å². The van der Waals surface area contributed by atoms with Crippen LogP contribution in [0.4, 0.5) is 0 Å². The van der Waals surface area contributed by atoms with Gasteiger partial charge in [0.05, 0.1) is 7.11 Å². The molecule has 0 aliphatic heterocycles. The van der Waals surface area contributed by atoms with Gasteiger partial charge in [-0.2, -0.15) is 0 Å². The highest BCUT2D eigenvalue weighted by atomic mass is 32.2. The van der Waals surface area contributed by atoms with Crippen molar-refractivity contribution in [2.24, 2.45) is 0 Å². The quantitative estimate of drug-likeness (QED) is 0.570. The molecule has 3 aromatic carbocycles. The summed E-state index contributed by atoms with van der Waals surface area (Å²) < 4.78 is 5.38. The Morgan fingerprint density at radius 3 is 1.73 bits per heavy atom. The van der Waals surface area contributed by atoms with E-state index < -0.39 is 0 Å². The Balaban J connectivity index is 1.91. The van der Waals surface area contributed by atoms with Gasteiger partial charge in [0, 0.05) is 19.6 Å². The topological polar surface area (TPSA) is 9.23 Å². The van der Waals surface area contributed by atoms with Crippen LogP contribution in [0.3, 0.4) is 0 Å². The standard InChI is InChI=1S/C19H16OS2/c1-20-15-12-13-18(21-16-8-4-2-5-9-16)19(14-15)22-17-10-6-3-7-11-17/h2-14H,1H3. The largest absolute Gasteiger partial charge is 0.497 e. The van der Waals surface area contributed by atoms with Crippen molar-refractivity contribution in [1.82, 2.24) is 0 Å². The van der Waals surface area contributed by atoms with E-state index in [1.54, 1.807) is 30.6 Å². The van der Waals surface area contributed by atoms with Crippen LogP contribution in [0.5, 0.6) is 5.75 Å². The first-order chi connectivity index (χ1) is 10.8. The van der Waals surface area contributed by atoms with Crippen molar-refractivity contribution in [1.29, 1.82) is 0 Å². The first-order valence-corrected chi connectivity index (χ1v) is 8.62. The van der Waals surface area contributed by atoms with Gasteiger partial charge in [-0.1, -0.05) is 59.9 Å². The number of ether oxygens (including phenoxy) is 1. The monoisotopic (exact) mass is 324 g/mol. The molecule has 0 aliphatic rings. The third-order valence-electron chi connectivity index (χ3n) is 3.09. The van der Waals surface area contributed by atoms with Gasteiger partial charge >= 0.3 is 0 Å². The molecule has 0 N–H and O–H groups in total.